The molecule has 1 nitrogen and oxygen atoms in total. The van der Waals surface area contributed by atoms with Crippen LogP contribution < -0.4 is 4.74 Å². The van der Waals surface area contributed by atoms with E-state index in [9.17, 15) is 0 Å². The normalized spacial score (nSPS) is 23.3. The van der Waals surface area contributed by atoms with Gasteiger partial charge in [-0.25, -0.2) is 0 Å². The van der Waals surface area contributed by atoms with Gasteiger partial charge in [-0.3, -0.25) is 0 Å². The fourth-order valence-corrected chi connectivity index (χ4v) is 6.82. The van der Waals surface area contributed by atoms with E-state index in [4.69, 9.17) is 4.74 Å². The molecule has 0 saturated carbocycles. The molecule has 1 fully saturated rings. The van der Waals surface area contributed by atoms with Crippen molar-refractivity contribution in [2.24, 2.45) is 0 Å². The average molecular weight is 276 g/mol. The van der Waals surface area contributed by atoms with Crippen molar-refractivity contribution in [1.82, 2.24) is 0 Å². The number of hydrogen-bond acceptors (Lipinski definition) is 1. The van der Waals surface area contributed by atoms with E-state index in [0.29, 0.717) is 0 Å². The number of benzene rings is 1. The molecule has 2 rings (SSSR count). The molecule has 0 unspecified atom stereocenters. The SMILES string of the molecule is CCCCC[Si@H]1CC[C@H](c2ccc(OC)cc2)CC1. The molecular weight excluding hydrogens is 248 g/mol. The van der Waals surface area contributed by atoms with Gasteiger partial charge >= 0.3 is 0 Å². The molecule has 0 bridgehead atoms. The molecule has 0 radical (unpaired) electrons. The molecule has 1 aromatic carbocycles. The van der Waals surface area contributed by atoms with E-state index >= 15 is 0 Å². The molecule has 0 aliphatic carbocycles. The van der Waals surface area contributed by atoms with Gasteiger partial charge in [-0.15, -0.1) is 0 Å². The highest BCUT2D eigenvalue weighted by atomic mass is 28.3. The van der Waals surface area contributed by atoms with Gasteiger partial charge in [-0.05, 0) is 36.5 Å². The molecule has 1 aliphatic heterocycles. The van der Waals surface area contributed by atoms with Crippen LogP contribution in [-0.4, -0.2) is 15.9 Å². The van der Waals surface area contributed by atoms with Crippen molar-refractivity contribution in [3.8, 4) is 5.75 Å². The summed E-state index contributed by atoms with van der Waals surface area (Å²) in [6.45, 7) is 2.31. The van der Waals surface area contributed by atoms with Crippen molar-refractivity contribution >= 4 is 8.80 Å². The van der Waals surface area contributed by atoms with E-state index < -0.39 is 0 Å². The van der Waals surface area contributed by atoms with E-state index in [1.165, 1.54) is 37.7 Å². The Morgan fingerprint density at radius 2 is 1.79 bits per heavy atom. The number of hydrogen-bond donors (Lipinski definition) is 0. The minimum atomic E-state index is -0.360. The predicted molar refractivity (Wildman–Crippen MR) is 86.1 cm³/mol. The van der Waals surface area contributed by atoms with Gasteiger partial charge in [0, 0.05) is 8.80 Å². The molecule has 1 heterocycles. The summed E-state index contributed by atoms with van der Waals surface area (Å²) in [4.78, 5) is 0. The Morgan fingerprint density at radius 3 is 2.37 bits per heavy atom. The summed E-state index contributed by atoms with van der Waals surface area (Å²) < 4.78 is 5.24. The third-order valence-electron chi connectivity index (χ3n) is 4.65. The summed E-state index contributed by atoms with van der Waals surface area (Å²) in [5.41, 5.74) is 1.53. The van der Waals surface area contributed by atoms with Crippen LogP contribution in [0.25, 0.3) is 0 Å². The molecular formula is C17H28OSi. The summed E-state index contributed by atoms with van der Waals surface area (Å²) >= 11 is 0. The lowest BCUT2D eigenvalue weighted by Gasteiger charge is -2.28. The van der Waals surface area contributed by atoms with Crippen molar-refractivity contribution in [2.75, 3.05) is 7.11 Å². The molecule has 1 aromatic rings. The lowest BCUT2D eigenvalue weighted by Crippen LogP contribution is -2.20. The Labute approximate surface area is 120 Å². The van der Waals surface area contributed by atoms with Gasteiger partial charge in [-0.1, -0.05) is 56.5 Å². The van der Waals surface area contributed by atoms with Crippen LogP contribution in [-0.2, 0) is 0 Å². The summed E-state index contributed by atoms with van der Waals surface area (Å²) in [5.74, 6) is 1.80. The highest BCUT2D eigenvalue weighted by molar-refractivity contribution is 6.59. The fraction of sp³-hybridized carbons (Fsp3) is 0.647. The second kappa shape index (κ2) is 7.74. The monoisotopic (exact) mass is 276 g/mol. The summed E-state index contributed by atoms with van der Waals surface area (Å²) in [6.07, 6.45) is 7.20. The van der Waals surface area contributed by atoms with E-state index in [-0.39, 0.29) is 8.80 Å². The first-order valence-electron chi connectivity index (χ1n) is 7.97. The minimum Gasteiger partial charge on any atom is -0.497 e. The molecule has 0 N–H and O–H groups in total. The molecule has 1 aliphatic rings. The topological polar surface area (TPSA) is 9.23 Å². The second-order valence-electron chi connectivity index (χ2n) is 5.99. The summed E-state index contributed by atoms with van der Waals surface area (Å²) in [7, 11) is 1.38. The summed E-state index contributed by atoms with van der Waals surface area (Å²) in [5, 5.41) is 0. The van der Waals surface area contributed by atoms with Gasteiger partial charge in [0.1, 0.15) is 5.75 Å². The first-order chi connectivity index (χ1) is 9.33. The Balaban J connectivity index is 1.78. The Bertz CT molecular complexity index is 352. The van der Waals surface area contributed by atoms with Crippen LogP contribution >= 0.6 is 0 Å². The van der Waals surface area contributed by atoms with Crippen LogP contribution in [0.15, 0.2) is 24.3 Å². The van der Waals surface area contributed by atoms with Crippen molar-refractivity contribution in [3.05, 3.63) is 29.8 Å². The highest BCUT2D eigenvalue weighted by Crippen LogP contribution is 2.35. The van der Waals surface area contributed by atoms with Crippen LogP contribution in [0, 0.1) is 0 Å². The van der Waals surface area contributed by atoms with E-state index in [0.717, 1.165) is 11.7 Å². The van der Waals surface area contributed by atoms with Crippen LogP contribution in [0.1, 0.15) is 50.5 Å². The van der Waals surface area contributed by atoms with E-state index in [2.05, 4.69) is 31.2 Å². The number of rotatable bonds is 6. The largest absolute Gasteiger partial charge is 0.497 e. The third kappa shape index (κ3) is 4.38. The van der Waals surface area contributed by atoms with Crippen LogP contribution in [0.2, 0.25) is 18.1 Å². The molecule has 19 heavy (non-hydrogen) atoms. The minimum absolute atomic E-state index is 0.360. The molecule has 0 atom stereocenters. The predicted octanol–water partition coefficient (Wildman–Crippen LogP) is 4.99. The first-order valence-corrected chi connectivity index (χ1v) is 10.4. The molecule has 0 spiro atoms. The zero-order valence-electron chi connectivity index (χ0n) is 12.5. The molecule has 0 amide bonds. The van der Waals surface area contributed by atoms with Crippen molar-refractivity contribution in [3.63, 3.8) is 0 Å². The smallest absolute Gasteiger partial charge is 0.118 e. The average Bonchev–Trinajstić information content (AvgIpc) is 2.48. The van der Waals surface area contributed by atoms with Crippen molar-refractivity contribution in [1.29, 1.82) is 0 Å². The maximum absolute atomic E-state index is 5.24. The number of ether oxygens (including phenoxy) is 1. The van der Waals surface area contributed by atoms with Crippen LogP contribution in [0.4, 0.5) is 0 Å². The first kappa shape index (κ1) is 14.6. The zero-order valence-corrected chi connectivity index (χ0v) is 13.7. The Morgan fingerprint density at radius 1 is 1.11 bits per heavy atom. The second-order valence-corrected chi connectivity index (χ2v) is 9.45. The van der Waals surface area contributed by atoms with Gasteiger partial charge < -0.3 is 4.74 Å². The molecule has 1 saturated heterocycles. The maximum Gasteiger partial charge on any atom is 0.118 e. The van der Waals surface area contributed by atoms with Gasteiger partial charge in [0.15, 0.2) is 0 Å². The van der Waals surface area contributed by atoms with Crippen LogP contribution in [0.3, 0.4) is 0 Å². The lowest BCUT2D eigenvalue weighted by molar-refractivity contribution is 0.414. The van der Waals surface area contributed by atoms with Gasteiger partial charge in [0.25, 0.3) is 0 Å². The Hall–Kier alpha value is -0.763. The zero-order chi connectivity index (χ0) is 13.5. The number of methoxy groups -OCH3 is 1. The lowest BCUT2D eigenvalue weighted by atomic mass is 9.93. The van der Waals surface area contributed by atoms with Gasteiger partial charge in [0.05, 0.1) is 7.11 Å². The van der Waals surface area contributed by atoms with Crippen LogP contribution in [0.5, 0.6) is 5.75 Å². The third-order valence-corrected chi connectivity index (χ3v) is 8.17. The molecule has 0 aromatic heterocycles. The van der Waals surface area contributed by atoms with Gasteiger partial charge in [-0.2, -0.15) is 0 Å². The quantitative estimate of drug-likeness (QED) is 0.525. The standard InChI is InChI=1S/C17H28OSi/c1-3-4-5-12-19-13-10-16(11-14-19)15-6-8-17(18-2)9-7-15/h6-9,16,19H,3-5,10-14H2,1-2H3/t16-,19-. The highest BCUT2D eigenvalue weighted by Gasteiger charge is 2.22. The fourth-order valence-electron chi connectivity index (χ4n) is 3.34. The summed E-state index contributed by atoms with van der Waals surface area (Å²) in [6, 6.07) is 13.5. The van der Waals surface area contributed by atoms with Crippen molar-refractivity contribution < 1.29 is 4.74 Å². The van der Waals surface area contributed by atoms with E-state index in [1.54, 1.807) is 25.2 Å². The number of unbranched alkanes of at least 4 members (excludes halogenated alkanes) is 2. The van der Waals surface area contributed by atoms with Crippen molar-refractivity contribution in [2.45, 2.75) is 63.1 Å². The maximum atomic E-state index is 5.24. The van der Waals surface area contributed by atoms with E-state index in [1.807, 2.05) is 0 Å². The Kier molecular flexibility index (Phi) is 5.96. The molecule has 2 heteroatoms. The van der Waals surface area contributed by atoms with Gasteiger partial charge in [0.2, 0.25) is 0 Å². The molecule has 106 valence electrons.